The molecule has 0 radical (unpaired) electrons. The molecule has 12 heteroatoms. The summed E-state index contributed by atoms with van der Waals surface area (Å²) in [6.45, 7) is 2.95. The van der Waals surface area contributed by atoms with Crippen molar-refractivity contribution in [1.82, 2.24) is 39.8 Å². The summed E-state index contributed by atoms with van der Waals surface area (Å²) in [6.07, 6.45) is 4.11. The van der Waals surface area contributed by atoms with Gasteiger partial charge in [-0.25, -0.2) is 13.4 Å². The number of benzene rings is 2. The van der Waals surface area contributed by atoms with Crippen molar-refractivity contribution >= 4 is 15.9 Å². The Bertz CT molecular complexity index is 1430. The van der Waals surface area contributed by atoms with Crippen molar-refractivity contribution in [3.8, 4) is 11.4 Å². The van der Waals surface area contributed by atoms with Crippen LogP contribution in [0.3, 0.4) is 0 Å². The van der Waals surface area contributed by atoms with Gasteiger partial charge in [0.05, 0.1) is 10.6 Å². The molecule has 1 fully saturated rings. The van der Waals surface area contributed by atoms with Crippen LogP contribution >= 0.6 is 0 Å². The number of nitrogens with one attached hydrogen (secondary N) is 2. The first-order valence-corrected chi connectivity index (χ1v) is 13.0. The number of carbonyl (C=O) groups excluding carboxylic acids is 1. The van der Waals surface area contributed by atoms with Gasteiger partial charge in [-0.2, -0.15) is 9.40 Å². The van der Waals surface area contributed by atoms with Crippen LogP contribution in [0.15, 0.2) is 66.0 Å². The first-order valence-electron chi connectivity index (χ1n) is 11.6. The van der Waals surface area contributed by atoms with E-state index >= 15 is 0 Å². The Balaban J connectivity index is 1.25. The molecule has 0 unspecified atom stereocenters. The van der Waals surface area contributed by atoms with E-state index < -0.39 is 16.1 Å². The van der Waals surface area contributed by atoms with E-state index in [1.807, 2.05) is 31.2 Å². The van der Waals surface area contributed by atoms with E-state index in [-0.39, 0.29) is 30.3 Å². The number of aryl methyl sites for hydroxylation is 3. The smallest absolute Gasteiger partial charge is 0.243 e. The molecular formula is C24H26N8O3S. The van der Waals surface area contributed by atoms with Gasteiger partial charge in [-0.15, -0.1) is 5.10 Å². The van der Waals surface area contributed by atoms with Crippen LogP contribution in [0.4, 0.5) is 0 Å². The molecular weight excluding hydrogens is 480 g/mol. The van der Waals surface area contributed by atoms with Crippen molar-refractivity contribution in [3.63, 3.8) is 0 Å². The first kappa shape index (κ1) is 23.8. The highest BCUT2D eigenvalue weighted by Crippen LogP contribution is 2.22. The van der Waals surface area contributed by atoms with Gasteiger partial charge in [0.25, 0.3) is 0 Å². The Morgan fingerprint density at radius 3 is 2.58 bits per heavy atom. The quantitative estimate of drug-likeness (QED) is 0.368. The van der Waals surface area contributed by atoms with Crippen molar-refractivity contribution in [2.45, 2.75) is 37.2 Å². The van der Waals surface area contributed by atoms with Crippen LogP contribution < -0.4 is 5.32 Å². The molecule has 4 aromatic rings. The molecule has 36 heavy (non-hydrogen) atoms. The van der Waals surface area contributed by atoms with Gasteiger partial charge < -0.3 is 5.32 Å². The second kappa shape index (κ2) is 9.99. The van der Waals surface area contributed by atoms with Gasteiger partial charge in [0, 0.05) is 37.8 Å². The van der Waals surface area contributed by atoms with E-state index in [1.54, 1.807) is 35.1 Å². The van der Waals surface area contributed by atoms with Gasteiger partial charge in [-0.1, -0.05) is 47.2 Å². The van der Waals surface area contributed by atoms with Crippen LogP contribution in [-0.4, -0.2) is 67.9 Å². The zero-order valence-electron chi connectivity index (χ0n) is 19.7. The zero-order chi connectivity index (χ0) is 25.1. The lowest BCUT2D eigenvalue weighted by Crippen LogP contribution is -2.57. The van der Waals surface area contributed by atoms with Crippen LogP contribution in [0.1, 0.15) is 16.8 Å². The SMILES string of the molecule is Cc1ccc(S(=O)(=O)N2CCNC(=O)[C@H]2Cc2cn(CCc3ccc(-c4ncn[nH]4)cc3)nn2)cc1. The molecule has 0 saturated carbocycles. The molecule has 1 atom stereocenters. The first-order chi connectivity index (χ1) is 17.4. The van der Waals surface area contributed by atoms with E-state index in [9.17, 15) is 13.2 Å². The van der Waals surface area contributed by atoms with E-state index in [0.717, 1.165) is 23.1 Å². The monoisotopic (exact) mass is 506 g/mol. The largest absolute Gasteiger partial charge is 0.353 e. The highest BCUT2D eigenvalue weighted by atomic mass is 32.2. The van der Waals surface area contributed by atoms with Gasteiger partial charge in [-0.05, 0) is 31.0 Å². The number of rotatable bonds is 8. The van der Waals surface area contributed by atoms with Gasteiger partial charge >= 0.3 is 0 Å². The van der Waals surface area contributed by atoms with Gasteiger partial charge in [0.2, 0.25) is 15.9 Å². The van der Waals surface area contributed by atoms with Gasteiger partial charge in [0.1, 0.15) is 12.4 Å². The predicted octanol–water partition coefficient (Wildman–Crippen LogP) is 1.35. The summed E-state index contributed by atoms with van der Waals surface area (Å²) < 4.78 is 29.6. The Kier molecular flexibility index (Phi) is 6.61. The summed E-state index contributed by atoms with van der Waals surface area (Å²) in [7, 11) is -3.83. The number of nitrogens with zero attached hydrogens (tertiary/aromatic N) is 6. The predicted molar refractivity (Wildman–Crippen MR) is 131 cm³/mol. The summed E-state index contributed by atoms with van der Waals surface area (Å²) in [6, 6.07) is 13.8. The normalized spacial score (nSPS) is 16.7. The van der Waals surface area contributed by atoms with E-state index in [2.05, 4.69) is 30.8 Å². The average molecular weight is 507 g/mol. The molecule has 1 aliphatic heterocycles. The molecule has 1 aliphatic rings. The average Bonchev–Trinajstić information content (AvgIpc) is 3.57. The van der Waals surface area contributed by atoms with Crippen LogP contribution in [0.5, 0.6) is 0 Å². The van der Waals surface area contributed by atoms with E-state index in [4.69, 9.17) is 0 Å². The molecule has 2 N–H and O–H groups in total. The number of aromatic amines is 1. The number of aromatic nitrogens is 6. The standard InChI is InChI=1S/C24H26N8O3S/c1-17-2-8-21(9-3-17)36(34,35)32-13-11-25-24(33)22(32)14-20-15-31(30-28-20)12-10-18-4-6-19(7-5-18)23-26-16-27-29-23/h2-9,15-16,22H,10-14H2,1H3,(H,25,33)(H,26,27,29)/t22-/m1/s1. The van der Waals surface area contributed by atoms with Crippen LogP contribution in [0.25, 0.3) is 11.4 Å². The highest BCUT2D eigenvalue weighted by molar-refractivity contribution is 7.89. The maximum Gasteiger partial charge on any atom is 0.243 e. The second-order valence-corrected chi connectivity index (χ2v) is 10.6. The van der Waals surface area contributed by atoms with Crippen LogP contribution in [0, 0.1) is 6.92 Å². The third-order valence-corrected chi connectivity index (χ3v) is 8.09. The van der Waals surface area contributed by atoms with Crippen molar-refractivity contribution in [2.24, 2.45) is 0 Å². The zero-order valence-corrected chi connectivity index (χ0v) is 20.5. The van der Waals surface area contributed by atoms with E-state index in [1.165, 1.54) is 10.6 Å². The van der Waals surface area contributed by atoms with Crippen LogP contribution in [0.2, 0.25) is 0 Å². The molecule has 0 spiro atoms. The Hall–Kier alpha value is -3.90. The molecule has 1 amide bonds. The minimum absolute atomic E-state index is 0.142. The summed E-state index contributed by atoms with van der Waals surface area (Å²) in [5.41, 5.74) is 3.60. The topological polar surface area (TPSA) is 139 Å². The molecule has 1 saturated heterocycles. The Labute approximate surface area is 208 Å². The molecule has 3 heterocycles. The van der Waals surface area contributed by atoms with Crippen molar-refractivity contribution in [2.75, 3.05) is 13.1 Å². The lowest BCUT2D eigenvalue weighted by Gasteiger charge is -2.33. The molecule has 5 rings (SSSR count). The van der Waals surface area contributed by atoms with E-state index in [0.29, 0.717) is 18.1 Å². The maximum atomic E-state index is 13.3. The molecule has 11 nitrogen and oxygen atoms in total. The maximum absolute atomic E-state index is 13.3. The molecule has 2 aromatic carbocycles. The lowest BCUT2D eigenvalue weighted by atomic mass is 10.1. The fourth-order valence-electron chi connectivity index (χ4n) is 4.18. The number of hydrogen-bond donors (Lipinski definition) is 2. The minimum atomic E-state index is -3.83. The van der Waals surface area contributed by atoms with Crippen molar-refractivity contribution < 1.29 is 13.2 Å². The lowest BCUT2D eigenvalue weighted by molar-refractivity contribution is -0.126. The number of sulfonamides is 1. The molecule has 0 aliphatic carbocycles. The number of piperazine rings is 1. The van der Waals surface area contributed by atoms with Crippen molar-refractivity contribution in [1.29, 1.82) is 0 Å². The Morgan fingerprint density at radius 2 is 1.86 bits per heavy atom. The number of hydrogen-bond acceptors (Lipinski definition) is 7. The third kappa shape index (κ3) is 5.04. The van der Waals surface area contributed by atoms with Gasteiger partial charge in [0.15, 0.2) is 5.82 Å². The summed E-state index contributed by atoms with van der Waals surface area (Å²) in [5.74, 6) is 0.381. The van der Waals surface area contributed by atoms with Crippen LogP contribution in [-0.2, 0) is 34.2 Å². The minimum Gasteiger partial charge on any atom is -0.353 e. The molecule has 2 aromatic heterocycles. The fraction of sp³-hybridized carbons (Fsp3) is 0.292. The third-order valence-electron chi connectivity index (χ3n) is 6.17. The summed E-state index contributed by atoms with van der Waals surface area (Å²) >= 11 is 0. The molecule has 186 valence electrons. The fourth-order valence-corrected chi connectivity index (χ4v) is 5.77. The molecule has 0 bridgehead atoms. The number of amides is 1. The highest BCUT2D eigenvalue weighted by Gasteiger charge is 2.39. The summed E-state index contributed by atoms with van der Waals surface area (Å²) in [5, 5.41) is 17.9. The number of carbonyl (C=O) groups is 1. The van der Waals surface area contributed by atoms with Gasteiger partial charge in [-0.3, -0.25) is 14.6 Å². The summed E-state index contributed by atoms with van der Waals surface area (Å²) in [4.78, 5) is 17.0. The Morgan fingerprint density at radius 1 is 1.08 bits per heavy atom. The number of H-pyrrole nitrogens is 1. The van der Waals surface area contributed by atoms with Crippen molar-refractivity contribution in [3.05, 3.63) is 77.9 Å². The second-order valence-electron chi connectivity index (χ2n) is 8.69.